The Kier molecular flexibility index (Phi) is 5.28. The number of carboxylic acids is 1. The molecular formula is C17H12N2O6S2. The van der Waals surface area contributed by atoms with Crippen LogP contribution in [-0.2, 0) is 9.59 Å². The fourth-order valence-electron chi connectivity index (χ4n) is 2.27. The van der Waals surface area contributed by atoms with E-state index in [1.54, 1.807) is 12.1 Å². The number of aromatic carboxylic acids is 1. The Morgan fingerprint density at radius 1 is 1.22 bits per heavy atom. The maximum atomic E-state index is 12.3. The van der Waals surface area contributed by atoms with Gasteiger partial charge < -0.3 is 15.5 Å². The zero-order valence-electron chi connectivity index (χ0n) is 13.5. The predicted molar refractivity (Wildman–Crippen MR) is 101 cm³/mol. The SMILES string of the molecule is O=C(CN1C(=O)S/C(=C/c2cccs2)C1=O)Nc1ccc(C(=O)O)c(O)c1. The van der Waals surface area contributed by atoms with Crippen molar-refractivity contribution in [3.05, 3.63) is 51.1 Å². The average Bonchev–Trinajstić information content (AvgIpc) is 3.19. The number of carbonyl (C=O) groups is 4. The van der Waals surface area contributed by atoms with E-state index in [9.17, 15) is 24.3 Å². The van der Waals surface area contributed by atoms with Crippen LogP contribution in [0.2, 0.25) is 0 Å². The summed E-state index contributed by atoms with van der Waals surface area (Å²) in [7, 11) is 0. The maximum absolute atomic E-state index is 12.3. The van der Waals surface area contributed by atoms with E-state index in [0.717, 1.165) is 33.7 Å². The molecule has 1 aliphatic rings. The molecule has 0 saturated carbocycles. The Morgan fingerprint density at radius 3 is 2.63 bits per heavy atom. The number of anilines is 1. The van der Waals surface area contributed by atoms with Gasteiger partial charge in [-0.15, -0.1) is 11.3 Å². The lowest BCUT2D eigenvalue weighted by molar-refractivity contribution is -0.127. The summed E-state index contributed by atoms with van der Waals surface area (Å²) in [6.45, 7) is -0.492. The second-order valence-corrected chi connectivity index (χ2v) is 7.34. The van der Waals surface area contributed by atoms with Gasteiger partial charge in [-0.3, -0.25) is 19.3 Å². The molecule has 8 nitrogen and oxygen atoms in total. The molecule has 2 heterocycles. The third-order valence-electron chi connectivity index (χ3n) is 3.50. The Hall–Kier alpha value is -3.11. The van der Waals surface area contributed by atoms with Crippen LogP contribution in [0, 0.1) is 0 Å². The van der Waals surface area contributed by atoms with Crippen LogP contribution in [0.5, 0.6) is 5.75 Å². The van der Waals surface area contributed by atoms with Crippen molar-refractivity contribution >= 4 is 57.9 Å². The summed E-state index contributed by atoms with van der Waals surface area (Å²) in [5.41, 5.74) is -0.166. The number of benzene rings is 1. The highest BCUT2D eigenvalue weighted by molar-refractivity contribution is 8.18. The molecule has 0 atom stereocenters. The van der Waals surface area contributed by atoms with E-state index >= 15 is 0 Å². The molecule has 1 saturated heterocycles. The number of thiophene rings is 1. The van der Waals surface area contributed by atoms with E-state index < -0.39 is 35.3 Å². The minimum Gasteiger partial charge on any atom is -0.507 e. The number of hydrogen-bond donors (Lipinski definition) is 3. The smallest absolute Gasteiger partial charge is 0.339 e. The zero-order valence-corrected chi connectivity index (χ0v) is 15.2. The van der Waals surface area contributed by atoms with Crippen molar-refractivity contribution in [1.82, 2.24) is 4.90 Å². The fourth-order valence-corrected chi connectivity index (χ4v) is 3.83. The molecular weight excluding hydrogens is 392 g/mol. The highest BCUT2D eigenvalue weighted by atomic mass is 32.2. The molecule has 3 rings (SSSR count). The normalized spacial score (nSPS) is 15.4. The van der Waals surface area contributed by atoms with Gasteiger partial charge in [-0.05, 0) is 41.4 Å². The Morgan fingerprint density at radius 2 is 2.00 bits per heavy atom. The van der Waals surface area contributed by atoms with Gasteiger partial charge in [0.1, 0.15) is 17.9 Å². The van der Waals surface area contributed by atoms with Gasteiger partial charge in [0, 0.05) is 16.6 Å². The van der Waals surface area contributed by atoms with Crippen molar-refractivity contribution in [2.24, 2.45) is 0 Å². The summed E-state index contributed by atoms with van der Waals surface area (Å²) in [6, 6.07) is 7.13. The van der Waals surface area contributed by atoms with Crippen molar-refractivity contribution in [2.45, 2.75) is 0 Å². The van der Waals surface area contributed by atoms with Crippen LogP contribution in [0.4, 0.5) is 10.5 Å². The molecule has 27 heavy (non-hydrogen) atoms. The van der Waals surface area contributed by atoms with Crippen molar-refractivity contribution in [3.63, 3.8) is 0 Å². The molecule has 138 valence electrons. The van der Waals surface area contributed by atoms with Crippen molar-refractivity contribution in [2.75, 3.05) is 11.9 Å². The highest BCUT2D eigenvalue weighted by Crippen LogP contribution is 2.32. The Labute approximate surface area is 161 Å². The number of thioether (sulfide) groups is 1. The van der Waals surface area contributed by atoms with Crippen molar-refractivity contribution < 1.29 is 29.4 Å². The number of rotatable bonds is 5. The van der Waals surface area contributed by atoms with E-state index in [1.807, 2.05) is 11.4 Å². The van der Waals surface area contributed by atoms with E-state index in [1.165, 1.54) is 17.4 Å². The minimum atomic E-state index is -1.30. The van der Waals surface area contributed by atoms with Crippen LogP contribution in [0.25, 0.3) is 6.08 Å². The first kappa shape index (κ1) is 18.7. The van der Waals surface area contributed by atoms with Crippen LogP contribution in [-0.4, -0.2) is 44.7 Å². The molecule has 0 spiro atoms. The number of amides is 3. The summed E-state index contributed by atoms with van der Waals surface area (Å²) < 4.78 is 0. The molecule has 0 unspecified atom stereocenters. The Bertz CT molecular complexity index is 968. The standard InChI is InChI=1S/C17H12N2O6S2/c20-12-6-9(3-4-11(12)16(23)24)18-14(21)8-19-15(22)13(27-17(19)25)7-10-2-1-5-26-10/h1-7,20H,8H2,(H,18,21)(H,23,24)/b13-7+. The summed E-state index contributed by atoms with van der Waals surface area (Å²) in [6.07, 6.45) is 1.59. The Balaban J connectivity index is 1.67. The van der Waals surface area contributed by atoms with Gasteiger partial charge >= 0.3 is 5.97 Å². The van der Waals surface area contributed by atoms with E-state index in [2.05, 4.69) is 5.32 Å². The lowest BCUT2D eigenvalue weighted by Gasteiger charge is -2.12. The van der Waals surface area contributed by atoms with Crippen LogP contribution in [0.3, 0.4) is 0 Å². The van der Waals surface area contributed by atoms with Crippen LogP contribution < -0.4 is 5.32 Å². The highest BCUT2D eigenvalue weighted by Gasteiger charge is 2.36. The second kappa shape index (κ2) is 7.64. The molecule has 1 aromatic carbocycles. The summed E-state index contributed by atoms with van der Waals surface area (Å²) in [5, 5.41) is 22.2. The van der Waals surface area contributed by atoms with Crippen molar-refractivity contribution in [1.29, 1.82) is 0 Å². The van der Waals surface area contributed by atoms with Gasteiger partial charge in [0.25, 0.3) is 11.1 Å². The number of nitrogens with one attached hydrogen (secondary N) is 1. The van der Waals surface area contributed by atoms with Gasteiger partial charge in [-0.2, -0.15) is 0 Å². The molecule has 2 aromatic rings. The van der Waals surface area contributed by atoms with Crippen LogP contribution in [0.1, 0.15) is 15.2 Å². The van der Waals surface area contributed by atoms with E-state index in [4.69, 9.17) is 5.11 Å². The number of phenols is 1. The van der Waals surface area contributed by atoms with Gasteiger partial charge in [-0.25, -0.2) is 4.79 Å². The molecule has 1 aromatic heterocycles. The average molecular weight is 404 g/mol. The number of carbonyl (C=O) groups excluding carboxylic acids is 3. The zero-order chi connectivity index (χ0) is 19.6. The molecule has 3 amide bonds. The first-order valence-electron chi connectivity index (χ1n) is 7.50. The van der Waals surface area contributed by atoms with Gasteiger partial charge in [0.05, 0.1) is 4.91 Å². The van der Waals surface area contributed by atoms with E-state index in [-0.39, 0.29) is 16.2 Å². The molecule has 0 bridgehead atoms. The first-order chi connectivity index (χ1) is 12.8. The molecule has 0 aliphatic carbocycles. The van der Waals surface area contributed by atoms with Gasteiger partial charge in [-0.1, -0.05) is 6.07 Å². The minimum absolute atomic E-state index is 0.142. The number of carboxylic acid groups (broad SMARTS) is 1. The number of aromatic hydroxyl groups is 1. The third-order valence-corrected chi connectivity index (χ3v) is 5.23. The lowest BCUT2D eigenvalue weighted by Crippen LogP contribution is -2.36. The third kappa shape index (κ3) is 4.18. The first-order valence-corrected chi connectivity index (χ1v) is 9.20. The number of hydrogen-bond acceptors (Lipinski definition) is 7. The largest absolute Gasteiger partial charge is 0.507 e. The van der Waals surface area contributed by atoms with Crippen LogP contribution in [0.15, 0.2) is 40.6 Å². The van der Waals surface area contributed by atoms with Crippen molar-refractivity contribution in [3.8, 4) is 5.75 Å². The fraction of sp³-hybridized carbons (Fsp3) is 0.0588. The van der Waals surface area contributed by atoms with Gasteiger partial charge in [0.2, 0.25) is 5.91 Å². The lowest BCUT2D eigenvalue weighted by atomic mass is 10.2. The monoisotopic (exact) mass is 404 g/mol. The topological polar surface area (TPSA) is 124 Å². The molecule has 0 radical (unpaired) electrons. The second-order valence-electron chi connectivity index (χ2n) is 5.37. The predicted octanol–water partition coefficient (Wildman–Crippen LogP) is 2.83. The van der Waals surface area contributed by atoms with Crippen LogP contribution >= 0.6 is 23.1 Å². The number of imide groups is 1. The molecule has 1 fully saturated rings. The van der Waals surface area contributed by atoms with Gasteiger partial charge in [0.15, 0.2) is 0 Å². The summed E-state index contributed by atoms with van der Waals surface area (Å²) >= 11 is 2.17. The molecule has 10 heteroatoms. The summed E-state index contributed by atoms with van der Waals surface area (Å²) in [5.74, 6) is -3.03. The molecule has 3 N–H and O–H groups in total. The van der Waals surface area contributed by atoms with E-state index in [0.29, 0.717) is 0 Å². The molecule has 1 aliphatic heterocycles. The maximum Gasteiger partial charge on any atom is 0.339 e. The quantitative estimate of drug-likeness (QED) is 0.655. The summed E-state index contributed by atoms with van der Waals surface area (Å²) in [4.78, 5) is 49.2. The number of nitrogens with zero attached hydrogens (tertiary/aromatic N) is 1.